The number of nitriles is 4. The van der Waals surface area contributed by atoms with Crippen LogP contribution in [0.5, 0.6) is 12.0 Å². The number of aromatic nitrogens is 8. The van der Waals surface area contributed by atoms with E-state index in [1.54, 1.807) is 76.7 Å². The predicted octanol–water partition coefficient (Wildman–Crippen LogP) is 15.5. The summed E-state index contributed by atoms with van der Waals surface area (Å²) in [6, 6.07) is 31.2. The number of hydrogen-bond acceptors (Lipinski definition) is 30. The molecule has 34 heteroatoms. The quantitative estimate of drug-likeness (QED) is 0.0194. The average molecular weight is 1840 g/mol. The van der Waals surface area contributed by atoms with Gasteiger partial charge in [-0.15, -0.1) is 0 Å². The van der Waals surface area contributed by atoms with Gasteiger partial charge in [-0.25, -0.2) is 9.97 Å². The molecule has 4 aromatic carbocycles. The minimum atomic E-state index is -0.193. The van der Waals surface area contributed by atoms with Crippen LogP contribution in [0.2, 0.25) is 0 Å². The van der Waals surface area contributed by atoms with Crippen molar-refractivity contribution in [2.45, 2.75) is 150 Å². The largest absolute Gasteiger partial charge is 0.463 e. The summed E-state index contributed by atoms with van der Waals surface area (Å²) >= 11 is 0. The van der Waals surface area contributed by atoms with Crippen molar-refractivity contribution in [3.8, 4) is 36.3 Å². The number of carbonyl (C=O) groups is 4. The first kappa shape index (κ1) is 108. The molecule has 2 fully saturated rings. The summed E-state index contributed by atoms with van der Waals surface area (Å²) in [5.41, 5.74) is 10.1. The van der Waals surface area contributed by atoms with Crippen LogP contribution in [0.3, 0.4) is 0 Å². The average Bonchev–Trinajstić information content (AvgIpc) is 1.57. The first-order valence-electron chi connectivity index (χ1n) is 45.6. The number of carbonyl (C=O) groups excluding carboxylic acids is 4. The molecule has 2 aliphatic rings. The van der Waals surface area contributed by atoms with Crippen LogP contribution in [0.15, 0.2) is 72.8 Å². The molecule has 0 bridgehead atoms. The smallest absolute Gasteiger partial charge is 0.320 e. The van der Waals surface area contributed by atoms with Crippen molar-refractivity contribution in [1.82, 2.24) is 75.8 Å². The van der Waals surface area contributed by atoms with Crippen molar-refractivity contribution < 1.29 is 32.9 Å². The Balaban J connectivity index is 0.000000380. The van der Waals surface area contributed by atoms with E-state index >= 15 is 0 Å². The van der Waals surface area contributed by atoms with Gasteiger partial charge in [-0.3, -0.25) is 19.2 Å². The van der Waals surface area contributed by atoms with Gasteiger partial charge in [0.05, 0.1) is 13.2 Å². The van der Waals surface area contributed by atoms with E-state index in [1.165, 1.54) is 0 Å². The summed E-state index contributed by atoms with van der Waals surface area (Å²) < 4.78 is 12.0. The molecule has 2 aliphatic heterocycles. The van der Waals surface area contributed by atoms with Crippen molar-refractivity contribution in [2.75, 3.05) is 216 Å². The number of rotatable bonds is 30. The van der Waals surface area contributed by atoms with E-state index in [0.717, 1.165) is 118 Å². The molecule has 4 aromatic heterocycles. The second-order valence-electron chi connectivity index (χ2n) is 39.5. The van der Waals surface area contributed by atoms with Gasteiger partial charge in [0.2, 0.25) is 5.95 Å². The van der Waals surface area contributed by atoms with Gasteiger partial charge in [0.25, 0.3) is 23.6 Å². The molecular formula is C100H150N28O6. The minimum absolute atomic E-state index is 0. The molecule has 34 nitrogen and oxygen atoms in total. The van der Waals surface area contributed by atoms with Gasteiger partial charge in [-0.2, -0.15) is 51.0 Å². The summed E-state index contributed by atoms with van der Waals surface area (Å²) in [4.78, 5) is 103. The summed E-state index contributed by atoms with van der Waals surface area (Å²) in [5.74, 6) is 4.77. The van der Waals surface area contributed by atoms with E-state index in [1.807, 2.05) is 121 Å². The number of hydrogen-bond donors (Lipinski definition) is 8. The van der Waals surface area contributed by atoms with Gasteiger partial charge >= 0.3 is 12.0 Å². The maximum absolute atomic E-state index is 12.2. The lowest BCUT2D eigenvalue weighted by atomic mass is 9.96. The standard InChI is InChI=1S/C27H39N7O2.C26H38N8O.C25H37N7O2.C22H30N6O.3H2/c1-18-10-11-20(25(35)29-5)13-22(18)30-23-21(14-28)24(34(7)17-27(2,3)4)32-26(31-23)36-16-19-9-8-12-33(6)15-19;1-18-9-10-19(24(35)28-5)15-21(18)29-22-20(16-27)23(33(7)17-26(2,3)4)31-25(30-22)34-12-8-11-32(6)13-14-34;1-17-10-11-18(23(33)27-5)14-20(17)28-21-19(15-26)22(32(8)16-25(2,3)4)30-24(29-21)34-13-9-12-31(6)7;1-8-18-26-19(16(12-23)20(27-18)28(7)13-22(3,4)5)25-17-11-15(21(29)24-6)10-9-14(17)2;;;/h10-11,13,19H,8-9,12,15-17H2,1-7H3,(H,29,35)(H,30,31,32);9-10,15H,8,11-14,17H2,1-7H3,(H,28,35)(H,29,30,31);10-11,14H,9,12-13,16H2,1-8H3,(H,27,33)(H,28,29,30);9-11H,8,13H2,1-7H3,(H,24,29)(H,25,26,27);3*1H. The van der Waals surface area contributed by atoms with Crippen molar-refractivity contribution >= 4 is 98.9 Å². The first-order chi connectivity index (χ1) is 63.1. The van der Waals surface area contributed by atoms with E-state index in [2.05, 4.69) is 213 Å². The number of benzene rings is 4. The topological polar surface area (TPSA) is 407 Å². The van der Waals surface area contributed by atoms with Gasteiger partial charge in [0.1, 0.15) is 52.4 Å². The molecule has 0 radical (unpaired) electrons. The molecule has 8 N–H and O–H groups in total. The van der Waals surface area contributed by atoms with Crippen molar-refractivity contribution in [3.63, 3.8) is 0 Å². The van der Waals surface area contributed by atoms with Gasteiger partial charge in [-0.1, -0.05) is 114 Å². The SMILES string of the molecule is CCc1nc(Nc2cc(C(=O)NC)ccc2C)c(C#N)c(N(C)CC(C)(C)C)n1.CNC(=O)c1ccc(C)c(Nc2nc(N3CCCN(C)CC3)nc(N(C)CC(C)(C)C)c2C#N)c1.CNC(=O)c1ccc(C)c(Nc2nc(OCC3CCCN(C)C3)nc(N(C)CC(C)(C)C)c2C#N)c1.CNC(=O)c1ccc(C)c(Nc2nc(OCCCN(C)C)nc(N(C)CC(C)(C)C)c2C#N)c1.[HH].[HH].[HH]. The van der Waals surface area contributed by atoms with Crippen molar-refractivity contribution in [2.24, 2.45) is 27.6 Å². The third-order valence-corrected chi connectivity index (χ3v) is 21.7. The summed E-state index contributed by atoms with van der Waals surface area (Å²) in [6.45, 7) is 45.9. The Labute approximate surface area is 799 Å². The van der Waals surface area contributed by atoms with Gasteiger partial charge in [0, 0.05) is 177 Å². The second kappa shape index (κ2) is 48.9. The van der Waals surface area contributed by atoms with Gasteiger partial charge < -0.3 is 91.2 Å². The van der Waals surface area contributed by atoms with E-state index < -0.39 is 0 Å². The number of ether oxygens (including phenoxy) is 2. The molecule has 1 atom stereocenters. The molecule has 1 unspecified atom stereocenters. The molecule has 134 heavy (non-hydrogen) atoms. The lowest BCUT2D eigenvalue weighted by Crippen LogP contribution is -2.35. The fourth-order valence-electron chi connectivity index (χ4n) is 15.3. The number of piperidine rings is 1. The number of anilines is 13. The molecule has 4 amide bonds. The van der Waals surface area contributed by atoms with Crippen LogP contribution in [-0.4, -0.2) is 248 Å². The monoisotopic (exact) mass is 1840 g/mol. The molecular weight excluding hydrogens is 1690 g/mol. The maximum Gasteiger partial charge on any atom is 0.320 e. The predicted molar refractivity (Wildman–Crippen MR) is 544 cm³/mol. The first-order valence-corrected chi connectivity index (χ1v) is 45.6. The number of aryl methyl sites for hydroxylation is 5. The maximum atomic E-state index is 12.2. The van der Waals surface area contributed by atoms with Crippen molar-refractivity contribution in [1.29, 1.82) is 21.0 Å². The zero-order valence-electron chi connectivity index (χ0n) is 84.6. The third kappa shape index (κ3) is 32.3. The Bertz CT molecular complexity index is 5570. The van der Waals surface area contributed by atoms with E-state index in [0.29, 0.717) is 153 Å². The highest BCUT2D eigenvalue weighted by atomic mass is 16.5. The van der Waals surface area contributed by atoms with Crippen LogP contribution >= 0.6 is 0 Å². The summed E-state index contributed by atoms with van der Waals surface area (Å²) in [5, 5.41) is 63.9. The molecule has 8 aromatic rings. The van der Waals surface area contributed by atoms with Crippen molar-refractivity contribution in [3.05, 3.63) is 145 Å². The van der Waals surface area contributed by atoms with E-state index in [-0.39, 0.29) is 61.6 Å². The van der Waals surface area contributed by atoms with Crippen LogP contribution in [0.4, 0.5) is 75.2 Å². The van der Waals surface area contributed by atoms with E-state index in [4.69, 9.17) is 19.4 Å². The number of amides is 4. The number of nitrogens with zero attached hydrogens (tertiary/aromatic N) is 20. The normalized spacial score (nSPS) is 13.4. The van der Waals surface area contributed by atoms with Crippen LogP contribution < -0.4 is 76.5 Å². The molecule has 2 saturated heterocycles. The number of nitrogens with one attached hydrogen (secondary N) is 8. The number of likely N-dealkylation sites (N-methyl/N-ethyl adjacent to an activating group) is 1. The van der Waals surface area contributed by atoms with Crippen LogP contribution in [0.1, 0.15) is 212 Å². The Hall–Kier alpha value is -13.3. The van der Waals surface area contributed by atoms with Crippen LogP contribution in [0.25, 0.3) is 0 Å². The third-order valence-electron chi connectivity index (χ3n) is 21.7. The molecule has 0 aliphatic carbocycles. The lowest BCUT2D eigenvalue weighted by Gasteiger charge is -2.30. The van der Waals surface area contributed by atoms with Crippen LogP contribution in [0, 0.1) is 101 Å². The van der Waals surface area contributed by atoms with E-state index in [9.17, 15) is 40.2 Å². The minimum Gasteiger partial charge on any atom is -0.463 e. The fraction of sp³-hybridized carbons (Fsp3) is 0.520. The van der Waals surface area contributed by atoms with Crippen LogP contribution in [-0.2, 0) is 6.42 Å². The summed E-state index contributed by atoms with van der Waals surface area (Å²) in [7, 11) is 22.4. The molecule has 10 rings (SSSR count). The van der Waals surface area contributed by atoms with Gasteiger partial charge in [0.15, 0.2) is 46.5 Å². The highest BCUT2D eigenvalue weighted by molar-refractivity contribution is 5.98. The summed E-state index contributed by atoms with van der Waals surface area (Å²) in [6.07, 6.45) is 4.73. The Morgan fingerprint density at radius 1 is 0.433 bits per heavy atom. The number of likely N-dealkylation sites (tertiary alicyclic amines) is 1. The second-order valence-corrected chi connectivity index (χ2v) is 39.5. The zero-order valence-corrected chi connectivity index (χ0v) is 84.6. The van der Waals surface area contributed by atoms with Gasteiger partial charge in [-0.05, 0) is 187 Å². The zero-order chi connectivity index (χ0) is 99.4. The Morgan fingerprint density at radius 3 is 1.10 bits per heavy atom. The molecule has 726 valence electrons. The Kier molecular flexibility index (Phi) is 39.3. The lowest BCUT2D eigenvalue weighted by molar-refractivity contribution is 0.0955. The fourth-order valence-corrected chi connectivity index (χ4v) is 15.3. The highest BCUT2D eigenvalue weighted by Gasteiger charge is 2.31. The molecule has 6 heterocycles. The molecule has 0 saturated carbocycles. The molecule has 0 spiro atoms. The Morgan fingerprint density at radius 2 is 0.769 bits per heavy atom. The highest BCUT2D eigenvalue weighted by Crippen LogP contribution is 2.38.